The zero-order chi connectivity index (χ0) is 11.4. The van der Waals surface area contributed by atoms with E-state index in [2.05, 4.69) is 13.8 Å². The Morgan fingerprint density at radius 2 is 2.00 bits per heavy atom. The fourth-order valence-corrected chi connectivity index (χ4v) is 2.68. The largest absolute Gasteiger partial charge is 0.327 e. The Labute approximate surface area is 105 Å². The molecule has 1 aromatic carbocycles. The molecule has 0 aliphatic rings. The van der Waals surface area contributed by atoms with Crippen LogP contribution in [0.5, 0.6) is 0 Å². The van der Waals surface area contributed by atoms with Crippen molar-refractivity contribution < 1.29 is 0 Å². The first-order valence-electron chi connectivity index (χ1n) is 4.92. The van der Waals surface area contributed by atoms with Gasteiger partial charge in [0.25, 0.3) is 0 Å². The van der Waals surface area contributed by atoms with E-state index in [4.69, 9.17) is 28.9 Å². The molecular weight excluding hydrogens is 249 g/mol. The zero-order valence-electron chi connectivity index (χ0n) is 8.84. The van der Waals surface area contributed by atoms with E-state index in [1.165, 1.54) is 0 Å². The number of hydrogen-bond acceptors (Lipinski definition) is 2. The van der Waals surface area contributed by atoms with Gasteiger partial charge in [0.2, 0.25) is 0 Å². The van der Waals surface area contributed by atoms with Gasteiger partial charge in [0, 0.05) is 16.2 Å². The SMILES string of the molecule is CCC(N)C(C)Sc1ccc(Cl)c(Cl)c1. The van der Waals surface area contributed by atoms with Crippen molar-refractivity contribution in [2.75, 3.05) is 0 Å². The summed E-state index contributed by atoms with van der Waals surface area (Å²) in [6.45, 7) is 4.22. The molecule has 2 N–H and O–H groups in total. The molecule has 0 saturated heterocycles. The summed E-state index contributed by atoms with van der Waals surface area (Å²) in [7, 11) is 0. The zero-order valence-corrected chi connectivity index (χ0v) is 11.2. The molecule has 2 unspecified atom stereocenters. The molecule has 0 aliphatic heterocycles. The second-order valence-corrected chi connectivity index (χ2v) is 5.74. The van der Waals surface area contributed by atoms with Crippen LogP contribution in [-0.4, -0.2) is 11.3 Å². The summed E-state index contributed by atoms with van der Waals surface area (Å²) in [5, 5.41) is 1.57. The van der Waals surface area contributed by atoms with Crippen LogP contribution in [0.25, 0.3) is 0 Å². The van der Waals surface area contributed by atoms with Crippen molar-refractivity contribution in [3.63, 3.8) is 0 Å². The lowest BCUT2D eigenvalue weighted by atomic mass is 10.2. The number of halogens is 2. The van der Waals surface area contributed by atoms with E-state index in [0.717, 1.165) is 11.3 Å². The standard InChI is InChI=1S/C11H15Cl2NS/c1-3-11(14)7(2)15-8-4-5-9(12)10(13)6-8/h4-7,11H,3,14H2,1-2H3. The highest BCUT2D eigenvalue weighted by molar-refractivity contribution is 8.00. The minimum Gasteiger partial charge on any atom is -0.327 e. The molecule has 1 rings (SSSR count). The average Bonchev–Trinajstić information content (AvgIpc) is 2.22. The molecule has 0 spiro atoms. The van der Waals surface area contributed by atoms with Crippen LogP contribution in [0, 0.1) is 0 Å². The Morgan fingerprint density at radius 1 is 1.33 bits per heavy atom. The first-order valence-corrected chi connectivity index (χ1v) is 6.55. The van der Waals surface area contributed by atoms with Crippen LogP contribution in [0.3, 0.4) is 0 Å². The van der Waals surface area contributed by atoms with Crippen molar-refractivity contribution >= 4 is 35.0 Å². The summed E-state index contributed by atoms with van der Waals surface area (Å²) in [5.41, 5.74) is 5.95. The Morgan fingerprint density at radius 3 is 2.53 bits per heavy atom. The van der Waals surface area contributed by atoms with Gasteiger partial charge in [0.1, 0.15) is 0 Å². The lowest BCUT2D eigenvalue weighted by molar-refractivity contribution is 0.642. The van der Waals surface area contributed by atoms with Crippen LogP contribution >= 0.6 is 35.0 Å². The topological polar surface area (TPSA) is 26.0 Å². The molecule has 4 heteroatoms. The monoisotopic (exact) mass is 263 g/mol. The van der Waals surface area contributed by atoms with Gasteiger partial charge in [-0.05, 0) is 24.6 Å². The van der Waals surface area contributed by atoms with Crippen LogP contribution in [0.1, 0.15) is 20.3 Å². The smallest absolute Gasteiger partial charge is 0.0603 e. The van der Waals surface area contributed by atoms with Crippen molar-refractivity contribution in [3.8, 4) is 0 Å². The molecule has 0 amide bonds. The Hall–Kier alpha value is 0.110. The average molecular weight is 264 g/mol. The molecule has 0 saturated carbocycles. The third kappa shape index (κ3) is 3.87. The van der Waals surface area contributed by atoms with Crippen molar-refractivity contribution in [2.24, 2.45) is 5.73 Å². The molecule has 0 radical (unpaired) electrons. The molecule has 15 heavy (non-hydrogen) atoms. The van der Waals surface area contributed by atoms with Gasteiger partial charge in [-0.2, -0.15) is 0 Å². The van der Waals surface area contributed by atoms with E-state index in [9.17, 15) is 0 Å². The second-order valence-electron chi connectivity index (χ2n) is 3.47. The fraction of sp³-hybridized carbons (Fsp3) is 0.455. The molecular formula is C11H15Cl2NS. The van der Waals surface area contributed by atoms with E-state index >= 15 is 0 Å². The maximum atomic E-state index is 5.95. The highest BCUT2D eigenvalue weighted by atomic mass is 35.5. The first kappa shape index (κ1) is 13.2. The summed E-state index contributed by atoms with van der Waals surface area (Å²) in [5.74, 6) is 0. The predicted molar refractivity (Wildman–Crippen MR) is 70.0 cm³/mol. The quantitative estimate of drug-likeness (QED) is 0.824. The molecule has 1 aromatic rings. The Balaban J connectivity index is 2.68. The number of benzene rings is 1. The molecule has 2 atom stereocenters. The number of nitrogens with two attached hydrogens (primary N) is 1. The lowest BCUT2D eigenvalue weighted by Crippen LogP contribution is -2.29. The van der Waals surface area contributed by atoms with Crippen LogP contribution in [-0.2, 0) is 0 Å². The maximum Gasteiger partial charge on any atom is 0.0603 e. The van der Waals surface area contributed by atoms with Crippen LogP contribution < -0.4 is 5.73 Å². The molecule has 0 bridgehead atoms. The van der Waals surface area contributed by atoms with Crippen LogP contribution in [0.4, 0.5) is 0 Å². The second kappa shape index (κ2) is 6.00. The summed E-state index contributed by atoms with van der Waals surface area (Å²) in [4.78, 5) is 1.11. The van der Waals surface area contributed by atoms with Crippen LogP contribution in [0.15, 0.2) is 23.1 Å². The number of hydrogen-bond donors (Lipinski definition) is 1. The van der Waals surface area contributed by atoms with Crippen molar-refractivity contribution in [3.05, 3.63) is 28.2 Å². The fourth-order valence-electron chi connectivity index (χ4n) is 1.18. The van der Waals surface area contributed by atoms with Gasteiger partial charge in [-0.3, -0.25) is 0 Å². The van der Waals surface area contributed by atoms with Gasteiger partial charge in [0.15, 0.2) is 0 Å². The Kier molecular flexibility index (Phi) is 5.27. The first-order chi connectivity index (χ1) is 7.04. The van der Waals surface area contributed by atoms with Crippen molar-refractivity contribution in [2.45, 2.75) is 36.5 Å². The van der Waals surface area contributed by atoms with Gasteiger partial charge < -0.3 is 5.73 Å². The van der Waals surface area contributed by atoms with E-state index in [-0.39, 0.29) is 6.04 Å². The number of thioether (sulfide) groups is 1. The normalized spacial score (nSPS) is 15.0. The number of rotatable bonds is 4. The lowest BCUT2D eigenvalue weighted by Gasteiger charge is -2.17. The molecule has 0 aliphatic carbocycles. The molecule has 0 aromatic heterocycles. The summed E-state index contributed by atoms with van der Waals surface area (Å²) in [6.07, 6.45) is 0.982. The minimum absolute atomic E-state index is 0.212. The highest BCUT2D eigenvalue weighted by Crippen LogP contribution is 2.31. The maximum absolute atomic E-state index is 5.95. The highest BCUT2D eigenvalue weighted by Gasteiger charge is 2.12. The summed E-state index contributed by atoms with van der Waals surface area (Å²) < 4.78 is 0. The summed E-state index contributed by atoms with van der Waals surface area (Å²) >= 11 is 13.5. The van der Waals surface area contributed by atoms with Gasteiger partial charge in [-0.15, -0.1) is 11.8 Å². The third-order valence-corrected chi connectivity index (χ3v) is 4.27. The van der Waals surface area contributed by atoms with Crippen molar-refractivity contribution in [1.29, 1.82) is 0 Å². The van der Waals surface area contributed by atoms with Gasteiger partial charge in [-0.25, -0.2) is 0 Å². The van der Waals surface area contributed by atoms with Gasteiger partial charge in [-0.1, -0.05) is 37.0 Å². The molecule has 0 heterocycles. The van der Waals surface area contributed by atoms with E-state index in [1.807, 2.05) is 18.2 Å². The Bertz CT molecular complexity index is 330. The van der Waals surface area contributed by atoms with E-state index in [0.29, 0.717) is 15.3 Å². The van der Waals surface area contributed by atoms with Crippen LogP contribution in [0.2, 0.25) is 10.0 Å². The van der Waals surface area contributed by atoms with Crippen molar-refractivity contribution in [1.82, 2.24) is 0 Å². The predicted octanol–water partition coefficient (Wildman–Crippen LogP) is 4.21. The van der Waals surface area contributed by atoms with E-state index < -0.39 is 0 Å². The molecule has 0 fully saturated rings. The van der Waals surface area contributed by atoms with Gasteiger partial charge in [0.05, 0.1) is 10.0 Å². The van der Waals surface area contributed by atoms with E-state index in [1.54, 1.807) is 11.8 Å². The minimum atomic E-state index is 0.212. The van der Waals surface area contributed by atoms with Gasteiger partial charge >= 0.3 is 0 Å². The molecule has 1 nitrogen and oxygen atoms in total. The summed E-state index contributed by atoms with van der Waals surface area (Å²) in [6, 6.07) is 5.88. The molecule has 84 valence electrons. The third-order valence-electron chi connectivity index (χ3n) is 2.29.